The van der Waals surface area contributed by atoms with Crippen molar-refractivity contribution in [3.8, 4) is 0 Å². The van der Waals surface area contributed by atoms with Gasteiger partial charge in [0.25, 0.3) is 0 Å². The second-order valence-corrected chi connectivity index (χ2v) is 5.93. The maximum atomic E-state index is 11.4. The van der Waals surface area contributed by atoms with Crippen LogP contribution in [-0.2, 0) is 11.3 Å². The molecule has 1 aromatic heterocycles. The lowest BCUT2D eigenvalue weighted by molar-refractivity contribution is -0.126. The van der Waals surface area contributed by atoms with Gasteiger partial charge in [0, 0.05) is 18.8 Å². The van der Waals surface area contributed by atoms with E-state index in [9.17, 15) is 4.79 Å². The Morgan fingerprint density at radius 3 is 2.61 bits per heavy atom. The van der Waals surface area contributed by atoms with Crippen molar-refractivity contribution >= 4 is 5.91 Å². The monoisotopic (exact) mass is 252 g/mol. The van der Waals surface area contributed by atoms with Crippen molar-refractivity contribution in [2.75, 3.05) is 0 Å². The smallest absolute Gasteiger partial charge is 0.224 e. The van der Waals surface area contributed by atoms with E-state index in [1.165, 1.54) is 0 Å². The third-order valence-electron chi connectivity index (χ3n) is 3.08. The van der Waals surface area contributed by atoms with Gasteiger partial charge in [-0.1, -0.05) is 13.8 Å². The molecule has 1 unspecified atom stereocenters. The first-order valence-electron chi connectivity index (χ1n) is 6.29. The highest BCUT2D eigenvalue weighted by atomic mass is 16.1. The van der Waals surface area contributed by atoms with Crippen molar-refractivity contribution in [1.29, 1.82) is 0 Å². The van der Waals surface area contributed by atoms with Gasteiger partial charge in [0.15, 0.2) is 0 Å². The van der Waals surface area contributed by atoms with Gasteiger partial charge in [0.2, 0.25) is 5.91 Å². The second kappa shape index (κ2) is 5.52. The first-order chi connectivity index (χ1) is 8.24. The van der Waals surface area contributed by atoms with Crippen LogP contribution >= 0.6 is 0 Å². The Morgan fingerprint density at radius 2 is 2.11 bits per heavy atom. The Bertz CT molecular complexity index is 409. The number of nitrogens with zero attached hydrogens (tertiary/aromatic N) is 2. The van der Waals surface area contributed by atoms with Gasteiger partial charge >= 0.3 is 0 Å². The summed E-state index contributed by atoms with van der Waals surface area (Å²) in [5.41, 5.74) is 11.9. The molecule has 18 heavy (non-hydrogen) atoms. The van der Waals surface area contributed by atoms with E-state index in [4.69, 9.17) is 11.5 Å². The number of nitrogens with two attached hydrogens (primary N) is 2. The molecular weight excluding hydrogens is 228 g/mol. The highest BCUT2D eigenvalue weighted by Crippen LogP contribution is 2.23. The van der Waals surface area contributed by atoms with Crippen molar-refractivity contribution in [2.45, 2.75) is 46.7 Å². The fraction of sp³-hybridized carbons (Fsp3) is 0.692. The van der Waals surface area contributed by atoms with E-state index >= 15 is 0 Å². The number of hydrogen-bond acceptors (Lipinski definition) is 3. The molecule has 0 aliphatic rings. The number of amides is 1. The van der Waals surface area contributed by atoms with Crippen molar-refractivity contribution in [3.63, 3.8) is 0 Å². The summed E-state index contributed by atoms with van der Waals surface area (Å²) in [4.78, 5) is 15.5. The fourth-order valence-electron chi connectivity index (χ4n) is 1.90. The van der Waals surface area contributed by atoms with Crippen LogP contribution < -0.4 is 11.5 Å². The molecule has 0 aromatic carbocycles. The predicted molar refractivity (Wildman–Crippen MR) is 71.6 cm³/mol. The van der Waals surface area contributed by atoms with E-state index in [0.717, 1.165) is 12.1 Å². The molecule has 0 saturated carbocycles. The van der Waals surface area contributed by atoms with Crippen LogP contribution in [0.2, 0.25) is 0 Å². The van der Waals surface area contributed by atoms with Crippen LogP contribution in [0.3, 0.4) is 0 Å². The van der Waals surface area contributed by atoms with E-state index in [0.29, 0.717) is 12.5 Å². The number of primary amides is 1. The Labute approximate surface area is 109 Å². The van der Waals surface area contributed by atoms with Crippen LogP contribution in [-0.4, -0.2) is 15.5 Å². The lowest BCUT2D eigenvalue weighted by atomic mass is 9.92. The van der Waals surface area contributed by atoms with Gasteiger partial charge in [0.1, 0.15) is 0 Å². The molecule has 0 spiro atoms. The zero-order valence-corrected chi connectivity index (χ0v) is 11.7. The molecule has 0 bridgehead atoms. The molecule has 1 rings (SSSR count). The molecule has 0 radical (unpaired) electrons. The highest BCUT2D eigenvalue weighted by Gasteiger charge is 2.27. The molecule has 5 heteroatoms. The lowest BCUT2D eigenvalue weighted by Gasteiger charge is -2.24. The average molecular weight is 252 g/mol. The SMILES string of the molecule is CC(C)CC(N)c1cncn1CC(C)(C)C(N)=O. The first kappa shape index (κ1) is 14.7. The molecule has 1 amide bonds. The van der Waals surface area contributed by atoms with E-state index in [1.807, 2.05) is 18.4 Å². The fourth-order valence-corrected chi connectivity index (χ4v) is 1.90. The number of imidazole rings is 1. The van der Waals surface area contributed by atoms with Gasteiger partial charge in [-0.05, 0) is 26.2 Å². The molecule has 1 heterocycles. The summed E-state index contributed by atoms with van der Waals surface area (Å²) in [6.07, 6.45) is 4.37. The number of aromatic nitrogens is 2. The molecule has 5 nitrogen and oxygen atoms in total. The summed E-state index contributed by atoms with van der Waals surface area (Å²) in [6.45, 7) is 8.42. The van der Waals surface area contributed by atoms with Gasteiger partial charge < -0.3 is 16.0 Å². The third-order valence-corrected chi connectivity index (χ3v) is 3.08. The normalized spacial score (nSPS) is 13.9. The van der Waals surface area contributed by atoms with E-state index in [1.54, 1.807) is 12.5 Å². The highest BCUT2D eigenvalue weighted by molar-refractivity contribution is 5.79. The first-order valence-corrected chi connectivity index (χ1v) is 6.29. The Balaban J connectivity index is 2.86. The summed E-state index contributed by atoms with van der Waals surface area (Å²) in [7, 11) is 0. The van der Waals surface area contributed by atoms with E-state index < -0.39 is 5.41 Å². The summed E-state index contributed by atoms with van der Waals surface area (Å²) in [5, 5.41) is 0. The van der Waals surface area contributed by atoms with Gasteiger partial charge in [-0.15, -0.1) is 0 Å². The topological polar surface area (TPSA) is 86.9 Å². The van der Waals surface area contributed by atoms with Crippen LogP contribution in [0, 0.1) is 11.3 Å². The minimum absolute atomic E-state index is 0.0591. The molecule has 0 saturated heterocycles. The van der Waals surface area contributed by atoms with Crippen molar-refractivity contribution in [1.82, 2.24) is 9.55 Å². The number of rotatable bonds is 6. The maximum Gasteiger partial charge on any atom is 0.224 e. The standard InChI is InChI=1S/C13H24N4O/c1-9(2)5-10(14)11-6-16-8-17(11)7-13(3,4)12(15)18/h6,8-10H,5,7,14H2,1-4H3,(H2,15,18). The minimum Gasteiger partial charge on any atom is -0.369 e. The molecule has 0 aliphatic heterocycles. The molecule has 1 aromatic rings. The molecule has 0 aliphatic carbocycles. The Kier molecular flexibility index (Phi) is 4.51. The molecular formula is C13H24N4O. The van der Waals surface area contributed by atoms with Gasteiger partial charge in [-0.3, -0.25) is 4.79 Å². The van der Waals surface area contributed by atoms with Crippen molar-refractivity contribution < 1.29 is 4.79 Å². The van der Waals surface area contributed by atoms with Crippen molar-refractivity contribution in [3.05, 3.63) is 18.2 Å². The summed E-state index contributed by atoms with van der Waals surface area (Å²) in [6, 6.07) is -0.0591. The average Bonchev–Trinajstić information content (AvgIpc) is 2.63. The van der Waals surface area contributed by atoms with Crippen molar-refractivity contribution in [2.24, 2.45) is 22.8 Å². The number of carbonyl (C=O) groups excluding carboxylic acids is 1. The van der Waals surface area contributed by atoms with Crippen LogP contribution in [0.1, 0.15) is 45.9 Å². The van der Waals surface area contributed by atoms with Gasteiger partial charge in [-0.25, -0.2) is 4.98 Å². The van der Waals surface area contributed by atoms with Gasteiger partial charge in [-0.2, -0.15) is 0 Å². The largest absolute Gasteiger partial charge is 0.369 e. The summed E-state index contributed by atoms with van der Waals surface area (Å²) in [5.74, 6) is 0.201. The van der Waals surface area contributed by atoms with Crippen LogP contribution in [0.25, 0.3) is 0 Å². The predicted octanol–water partition coefficient (Wildman–Crippen LogP) is 1.44. The maximum absolute atomic E-state index is 11.4. The zero-order chi connectivity index (χ0) is 13.9. The number of hydrogen-bond donors (Lipinski definition) is 2. The third kappa shape index (κ3) is 3.57. The minimum atomic E-state index is -0.604. The van der Waals surface area contributed by atoms with Crippen LogP contribution in [0.5, 0.6) is 0 Å². The quantitative estimate of drug-likeness (QED) is 0.803. The molecule has 102 valence electrons. The van der Waals surface area contributed by atoms with E-state index in [2.05, 4.69) is 18.8 Å². The molecule has 1 atom stereocenters. The van der Waals surface area contributed by atoms with Gasteiger partial charge in [0.05, 0.1) is 17.4 Å². The number of carbonyl (C=O) groups is 1. The van der Waals surface area contributed by atoms with Crippen LogP contribution in [0.15, 0.2) is 12.5 Å². The van der Waals surface area contributed by atoms with Crippen LogP contribution in [0.4, 0.5) is 0 Å². The lowest BCUT2D eigenvalue weighted by Crippen LogP contribution is -2.36. The summed E-state index contributed by atoms with van der Waals surface area (Å²) < 4.78 is 1.93. The second-order valence-electron chi connectivity index (χ2n) is 5.93. The summed E-state index contributed by atoms with van der Waals surface area (Å²) >= 11 is 0. The van der Waals surface area contributed by atoms with E-state index in [-0.39, 0.29) is 11.9 Å². The zero-order valence-electron chi connectivity index (χ0n) is 11.7. The Morgan fingerprint density at radius 1 is 1.50 bits per heavy atom. The molecule has 0 fully saturated rings. The molecule has 4 N–H and O–H groups in total. The Hall–Kier alpha value is -1.36.